The van der Waals surface area contributed by atoms with Crippen molar-refractivity contribution in [1.82, 2.24) is 5.32 Å². The summed E-state index contributed by atoms with van der Waals surface area (Å²) in [4.78, 5) is 36.6. The molecule has 0 heterocycles. The maximum Gasteiger partial charge on any atom is 0.344 e. The lowest BCUT2D eigenvalue weighted by molar-refractivity contribution is -0.145. The molecule has 4 N–H and O–H groups in total. The maximum atomic E-state index is 12.7. The molecule has 2 aromatic carbocycles. The molecule has 0 saturated heterocycles. The smallest absolute Gasteiger partial charge is 0.344 e. The molecule has 9 nitrogen and oxygen atoms in total. The Balaban J connectivity index is 2.02. The van der Waals surface area contributed by atoms with E-state index in [0.29, 0.717) is 16.9 Å². The molecular weight excluding hydrogens is 402 g/mol. The lowest BCUT2D eigenvalue weighted by Crippen LogP contribution is -2.38. The molecule has 0 saturated carbocycles. The van der Waals surface area contributed by atoms with Crippen LogP contribution in [0.1, 0.15) is 40.1 Å². The second-order valence-corrected chi connectivity index (χ2v) is 6.51. The summed E-state index contributed by atoms with van der Waals surface area (Å²) < 4.78 is 15.3. The Morgan fingerprint density at radius 3 is 2.32 bits per heavy atom. The first-order valence-electron chi connectivity index (χ1n) is 9.52. The van der Waals surface area contributed by atoms with Crippen molar-refractivity contribution in [3.05, 3.63) is 59.2 Å². The number of carbonyl (C=O) groups excluding carboxylic acids is 3. The van der Waals surface area contributed by atoms with Crippen LogP contribution in [0.15, 0.2) is 42.5 Å². The highest BCUT2D eigenvalue weighted by Crippen LogP contribution is 2.20. The fourth-order valence-corrected chi connectivity index (χ4v) is 2.70. The van der Waals surface area contributed by atoms with Gasteiger partial charge in [-0.3, -0.25) is 15.0 Å². The molecule has 0 radical (unpaired) electrons. The van der Waals surface area contributed by atoms with E-state index in [-0.39, 0.29) is 36.1 Å². The predicted molar refractivity (Wildman–Crippen MR) is 114 cm³/mol. The molecule has 0 aliphatic heterocycles. The number of amides is 1. The maximum absolute atomic E-state index is 12.7. The predicted octanol–water partition coefficient (Wildman–Crippen LogP) is 1.92. The van der Waals surface area contributed by atoms with E-state index >= 15 is 0 Å². The number of nitrogens with two attached hydrogens (primary N) is 1. The first-order valence-corrected chi connectivity index (χ1v) is 9.52. The molecule has 0 aliphatic carbocycles. The fraction of sp³-hybridized carbons (Fsp3) is 0.273. The fourth-order valence-electron chi connectivity index (χ4n) is 2.70. The first-order chi connectivity index (χ1) is 14.8. The Labute approximate surface area is 180 Å². The normalized spacial score (nSPS) is 11.2. The van der Waals surface area contributed by atoms with Crippen molar-refractivity contribution in [3.63, 3.8) is 0 Å². The molecule has 1 atom stereocenters. The topological polar surface area (TPSA) is 141 Å². The van der Waals surface area contributed by atoms with Crippen molar-refractivity contribution in [2.24, 2.45) is 5.73 Å². The van der Waals surface area contributed by atoms with E-state index in [1.165, 1.54) is 25.3 Å². The Morgan fingerprint density at radius 1 is 1.10 bits per heavy atom. The molecule has 0 spiro atoms. The van der Waals surface area contributed by atoms with Crippen molar-refractivity contribution >= 4 is 23.5 Å². The van der Waals surface area contributed by atoms with Crippen LogP contribution in [-0.4, -0.2) is 49.9 Å². The minimum Gasteiger partial charge on any atom is -0.496 e. The second-order valence-electron chi connectivity index (χ2n) is 6.51. The van der Waals surface area contributed by atoms with Crippen molar-refractivity contribution in [2.45, 2.75) is 19.9 Å². The number of nitrogen functional groups attached to an aromatic ring is 1. The van der Waals surface area contributed by atoms with Gasteiger partial charge in [0, 0.05) is 11.1 Å². The number of ketones is 1. The number of hydrogen-bond donors (Lipinski definition) is 3. The zero-order chi connectivity index (χ0) is 23.0. The summed E-state index contributed by atoms with van der Waals surface area (Å²) in [5.41, 5.74) is 6.46. The van der Waals surface area contributed by atoms with Crippen LogP contribution in [-0.2, 0) is 9.53 Å². The average molecular weight is 427 g/mol. The van der Waals surface area contributed by atoms with E-state index in [2.05, 4.69) is 5.32 Å². The van der Waals surface area contributed by atoms with E-state index in [0.717, 1.165) is 0 Å². The number of nitrogens with one attached hydrogen (secondary N) is 2. The highest BCUT2D eigenvalue weighted by molar-refractivity contribution is 6.05. The van der Waals surface area contributed by atoms with E-state index in [4.69, 9.17) is 25.4 Å². The van der Waals surface area contributed by atoms with Gasteiger partial charge in [-0.1, -0.05) is 6.07 Å². The van der Waals surface area contributed by atoms with Crippen LogP contribution in [0.3, 0.4) is 0 Å². The lowest BCUT2D eigenvalue weighted by Gasteiger charge is -2.15. The van der Waals surface area contributed by atoms with Gasteiger partial charge >= 0.3 is 5.97 Å². The SMILES string of the molecule is CCOC(=O)COc1ccc(C(=O)C(C)NC(=O)c2ccc(C(=N)N)cc2OC)cc1. The van der Waals surface area contributed by atoms with Crippen LogP contribution in [0.2, 0.25) is 0 Å². The number of esters is 1. The van der Waals surface area contributed by atoms with Gasteiger partial charge in [-0.2, -0.15) is 0 Å². The zero-order valence-corrected chi connectivity index (χ0v) is 17.6. The summed E-state index contributed by atoms with van der Waals surface area (Å²) in [6.45, 7) is 3.32. The van der Waals surface area contributed by atoms with E-state index in [1.807, 2.05) is 0 Å². The number of Topliss-reactive ketones (excluding diaryl/α,β-unsaturated/α-hetero) is 1. The van der Waals surface area contributed by atoms with Crippen LogP contribution in [0.5, 0.6) is 11.5 Å². The molecule has 0 aliphatic rings. The number of rotatable bonds is 10. The van der Waals surface area contributed by atoms with E-state index in [1.54, 1.807) is 38.1 Å². The van der Waals surface area contributed by atoms with Gasteiger partial charge in [-0.25, -0.2) is 4.79 Å². The molecule has 2 aromatic rings. The summed E-state index contributed by atoms with van der Waals surface area (Å²) in [7, 11) is 1.40. The number of amidine groups is 1. The Kier molecular flexibility index (Phi) is 8.13. The minimum atomic E-state index is -0.809. The monoisotopic (exact) mass is 427 g/mol. The Morgan fingerprint density at radius 2 is 1.74 bits per heavy atom. The molecule has 9 heteroatoms. The van der Waals surface area contributed by atoms with Gasteiger partial charge in [-0.05, 0) is 50.2 Å². The number of carbonyl (C=O) groups is 3. The van der Waals surface area contributed by atoms with Gasteiger partial charge < -0.3 is 25.3 Å². The van der Waals surface area contributed by atoms with Crippen LogP contribution in [0, 0.1) is 5.41 Å². The zero-order valence-electron chi connectivity index (χ0n) is 17.6. The lowest BCUT2D eigenvalue weighted by atomic mass is 10.0. The van der Waals surface area contributed by atoms with Crippen molar-refractivity contribution in [3.8, 4) is 11.5 Å². The van der Waals surface area contributed by atoms with Gasteiger partial charge in [0.15, 0.2) is 12.4 Å². The van der Waals surface area contributed by atoms with Gasteiger partial charge in [0.25, 0.3) is 5.91 Å². The van der Waals surface area contributed by atoms with Gasteiger partial charge in [0.1, 0.15) is 17.3 Å². The molecule has 2 rings (SSSR count). The van der Waals surface area contributed by atoms with Crippen LogP contribution in [0.4, 0.5) is 0 Å². The van der Waals surface area contributed by atoms with Crippen molar-refractivity contribution in [1.29, 1.82) is 5.41 Å². The molecule has 1 unspecified atom stereocenters. The van der Waals surface area contributed by atoms with Crippen molar-refractivity contribution in [2.75, 3.05) is 20.3 Å². The molecule has 31 heavy (non-hydrogen) atoms. The second kappa shape index (κ2) is 10.8. The van der Waals surface area contributed by atoms with Gasteiger partial charge in [-0.15, -0.1) is 0 Å². The summed E-state index contributed by atoms with van der Waals surface area (Å²) in [5, 5.41) is 10.1. The quantitative estimate of drug-likeness (QED) is 0.228. The molecule has 1 amide bonds. The average Bonchev–Trinajstić information content (AvgIpc) is 2.77. The Bertz CT molecular complexity index is 972. The summed E-state index contributed by atoms with van der Waals surface area (Å²) in [6, 6.07) is 9.91. The summed E-state index contributed by atoms with van der Waals surface area (Å²) in [6.07, 6.45) is 0. The van der Waals surface area contributed by atoms with Crippen LogP contribution >= 0.6 is 0 Å². The third-order valence-electron chi connectivity index (χ3n) is 4.30. The summed E-state index contributed by atoms with van der Waals surface area (Å²) in [5.74, 6) is -0.773. The van der Waals surface area contributed by atoms with Crippen LogP contribution < -0.4 is 20.5 Å². The standard InChI is InChI=1S/C22H25N3O6/c1-4-30-19(26)12-31-16-8-5-14(6-9-16)20(27)13(2)25-22(28)17-10-7-15(21(23)24)11-18(17)29-3/h5-11,13H,4,12H2,1-3H3,(H3,23,24)(H,25,28). The Hall–Kier alpha value is -3.88. The molecular formula is C22H25N3O6. The van der Waals surface area contributed by atoms with E-state index < -0.39 is 17.9 Å². The highest BCUT2D eigenvalue weighted by Gasteiger charge is 2.21. The molecule has 164 valence electrons. The minimum absolute atomic E-state index is 0.150. The van der Waals surface area contributed by atoms with Gasteiger partial charge in [0.05, 0.1) is 25.3 Å². The van der Waals surface area contributed by atoms with Gasteiger partial charge in [0.2, 0.25) is 0 Å². The highest BCUT2D eigenvalue weighted by atomic mass is 16.6. The number of ether oxygens (including phenoxy) is 3. The third kappa shape index (κ3) is 6.30. The largest absolute Gasteiger partial charge is 0.496 e. The number of benzene rings is 2. The molecule has 0 fully saturated rings. The van der Waals surface area contributed by atoms with E-state index in [9.17, 15) is 14.4 Å². The number of methoxy groups -OCH3 is 1. The molecule has 0 bridgehead atoms. The molecule has 0 aromatic heterocycles. The summed E-state index contributed by atoms with van der Waals surface area (Å²) >= 11 is 0. The first kappa shape index (κ1) is 23.4. The van der Waals surface area contributed by atoms with Crippen molar-refractivity contribution < 1.29 is 28.6 Å². The number of hydrogen-bond acceptors (Lipinski definition) is 7. The van der Waals surface area contributed by atoms with Crippen LogP contribution in [0.25, 0.3) is 0 Å². The third-order valence-corrected chi connectivity index (χ3v) is 4.30.